The van der Waals surface area contributed by atoms with Gasteiger partial charge in [0.05, 0.1) is 5.69 Å². The zero-order valence-electron chi connectivity index (χ0n) is 13.1. The van der Waals surface area contributed by atoms with Crippen molar-refractivity contribution in [1.82, 2.24) is 15.1 Å². The van der Waals surface area contributed by atoms with Crippen LogP contribution in [0.5, 0.6) is 0 Å². The maximum absolute atomic E-state index is 12.9. The number of anilines is 1. The molecular formula is C17H18N4O2S. The quantitative estimate of drug-likeness (QED) is 0.844. The van der Waals surface area contributed by atoms with Crippen molar-refractivity contribution in [3.05, 3.63) is 42.7 Å². The van der Waals surface area contributed by atoms with Gasteiger partial charge < -0.3 is 5.32 Å². The number of carbonyl (C=O) groups excluding carboxylic acids is 2. The number of para-hydroxylation sites is 1. The molecule has 6 nitrogen and oxygen atoms in total. The van der Waals surface area contributed by atoms with Crippen LogP contribution >= 0.6 is 11.8 Å². The average Bonchev–Trinajstić information content (AvgIpc) is 3.28. The van der Waals surface area contributed by atoms with Crippen molar-refractivity contribution in [3.63, 3.8) is 0 Å². The molecule has 124 valence electrons. The summed E-state index contributed by atoms with van der Waals surface area (Å²) in [6.07, 6.45) is 5.42. The molecule has 0 bridgehead atoms. The van der Waals surface area contributed by atoms with Crippen molar-refractivity contribution in [2.24, 2.45) is 0 Å². The third kappa shape index (κ3) is 2.39. The van der Waals surface area contributed by atoms with Crippen LogP contribution < -0.4 is 10.2 Å². The molecule has 1 N–H and O–H groups in total. The molecule has 0 radical (unpaired) electrons. The van der Waals surface area contributed by atoms with E-state index in [2.05, 4.69) is 10.4 Å². The highest BCUT2D eigenvalue weighted by Crippen LogP contribution is 2.55. The molecule has 0 unspecified atom stereocenters. The van der Waals surface area contributed by atoms with E-state index in [0.29, 0.717) is 19.4 Å². The van der Waals surface area contributed by atoms with Crippen LogP contribution in [0.4, 0.5) is 5.69 Å². The minimum Gasteiger partial charge on any atom is -0.353 e. The number of rotatable bonds is 5. The minimum atomic E-state index is -0.813. The lowest BCUT2D eigenvalue weighted by atomic mass is 10.2. The van der Waals surface area contributed by atoms with Crippen molar-refractivity contribution >= 4 is 29.3 Å². The molecular weight excluding hydrogens is 324 g/mol. The molecule has 0 saturated carbocycles. The lowest BCUT2D eigenvalue weighted by Gasteiger charge is -2.29. The molecule has 1 aromatic heterocycles. The fourth-order valence-corrected chi connectivity index (χ4v) is 4.75. The lowest BCUT2D eigenvalue weighted by molar-refractivity contribution is -0.124. The van der Waals surface area contributed by atoms with Gasteiger partial charge in [-0.25, -0.2) is 0 Å². The van der Waals surface area contributed by atoms with E-state index in [1.54, 1.807) is 11.1 Å². The second kappa shape index (κ2) is 5.98. The third-order valence-corrected chi connectivity index (χ3v) is 5.91. The Morgan fingerprint density at radius 2 is 2.21 bits per heavy atom. The smallest absolute Gasteiger partial charge is 0.257 e. The third-order valence-electron chi connectivity index (χ3n) is 4.44. The van der Waals surface area contributed by atoms with Crippen molar-refractivity contribution in [3.8, 4) is 0 Å². The molecule has 1 saturated heterocycles. The van der Waals surface area contributed by atoms with Crippen LogP contribution in [0.15, 0.2) is 47.6 Å². The van der Waals surface area contributed by atoms with Gasteiger partial charge in [0, 0.05) is 36.8 Å². The normalized spacial score (nSPS) is 21.7. The number of hydrogen-bond acceptors (Lipinski definition) is 4. The summed E-state index contributed by atoms with van der Waals surface area (Å²) in [6, 6.07) is 9.61. The first-order valence-corrected chi connectivity index (χ1v) is 8.89. The summed E-state index contributed by atoms with van der Waals surface area (Å²) in [7, 11) is 0. The van der Waals surface area contributed by atoms with Crippen LogP contribution in [0.3, 0.4) is 0 Å². The number of carbonyl (C=O) groups is 2. The standard InChI is InChI=1S/C17H18N4O2S/c22-15-7-8-17(21(15)13-5-1-2-6-14(13)24-17)16(23)18-9-3-11-20-12-4-10-19-20/h1-2,4-6,10,12H,3,7-9,11H2,(H,18,23)/t17-/m1/s1. The molecule has 0 aliphatic carbocycles. The van der Waals surface area contributed by atoms with Gasteiger partial charge in [0.1, 0.15) is 0 Å². The van der Waals surface area contributed by atoms with Gasteiger partial charge >= 0.3 is 0 Å². The number of nitrogens with zero attached hydrogens (tertiary/aromatic N) is 3. The summed E-state index contributed by atoms with van der Waals surface area (Å²) >= 11 is 1.50. The Kier molecular flexibility index (Phi) is 3.80. The number of benzene rings is 1. The Morgan fingerprint density at radius 1 is 1.33 bits per heavy atom. The SMILES string of the molecule is O=C1CC[C@]2(C(=O)NCCCn3cccn3)Sc3ccccc3N12. The summed E-state index contributed by atoms with van der Waals surface area (Å²) in [5, 5.41) is 7.16. The van der Waals surface area contributed by atoms with Crippen LogP contribution in [-0.2, 0) is 16.1 Å². The number of aryl methyl sites for hydroxylation is 1. The fourth-order valence-electron chi connectivity index (χ4n) is 3.31. The van der Waals surface area contributed by atoms with Gasteiger partial charge in [0.25, 0.3) is 5.91 Å². The predicted molar refractivity (Wildman–Crippen MR) is 91.6 cm³/mol. The largest absolute Gasteiger partial charge is 0.353 e. The van der Waals surface area contributed by atoms with Gasteiger partial charge in [-0.05, 0) is 31.0 Å². The molecule has 7 heteroatoms. The molecule has 2 aromatic rings. The first-order chi connectivity index (χ1) is 11.7. The van der Waals surface area contributed by atoms with E-state index >= 15 is 0 Å². The number of fused-ring (bicyclic) bond motifs is 3. The zero-order chi connectivity index (χ0) is 16.6. The molecule has 3 heterocycles. The number of aromatic nitrogens is 2. The predicted octanol–water partition coefficient (Wildman–Crippen LogP) is 2.02. The highest BCUT2D eigenvalue weighted by atomic mass is 32.2. The molecule has 2 aliphatic rings. The van der Waals surface area contributed by atoms with Crippen LogP contribution in [0.1, 0.15) is 19.3 Å². The van der Waals surface area contributed by atoms with Gasteiger partial charge in [-0.3, -0.25) is 19.2 Å². The van der Waals surface area contributed by atoms with E-state index in [4.69, 9.17) is 0 Å². The Balaban J connectivity index is 1.44. The van der Waals surface area contributed by atoms with E-state index in [1.165, 1.54) is 11.8 Å². The van der Waals surface area contributed by atoms with Crippen LogP contribution in [0, 0.1) is 0 Å². The van der Waals surface area contributed by atoms with E-state index in [9.17, 15) is 9.59 Å². The minimum absolute atomic E-state index is 0.0270. The van der Waals surface area contributed by atoms with Crippen molar-refractivity contribution in [1.29, 1.82) is 0 Å². The summed E-state index contributed by atoms with van der Waals surface area (Å²) in [5.74, 6) is -0.0471. The Bertz CT molecular complexity index is 777. The zero-order valence-corrected chi connectivity index (χ0v) is 14.0. The molecule has 2 amide bonds. The van der Waals surface area contributed by atoms with Gasteiger partial charge in [0.15, 0.2) is 4.87 Å². The molecule has 4 rings (SSSR count). The average molecular weight is 342 g/mol. The molecule has 1 aromatic carbocycles. The monoisotopic (exact) mass is 342 g/mol. The summed E-state index contributed by atoms with van der Waals surface area (Å²) in [6.45, 7) is 1.33. The van der Waals surface area contributed by atoms with Crippen molar-refractivity contribution < 1.29 is 9.59 Å². The van der Waals surface area contributed by atoms with Crippen LogP contribution in [-0.4, -0.2) is 33.0 Å². The topological polar surface area (TPSA) is 67.2 Å². The van der Waals surface area contributed by atoms with Crippen molar-refractivity contribution in [2.75, 3.05) is 11.4 Å². The number of hydrogen-bond donors (Lipinski definition) is 1. The highest BCUT2D eigenvalue weighted by Gasteiger charge is 2.57. The molecule has 24 heavy (non-hydrogen) atoms. The second-order valence-electron chi connectivity index (χ2n) is 5.96. The number of amides is 2. The van der Waals surface area contributed by atoms with E-state index in [1.807, 2.05) is 41.2 Å². The Labute approximate surface area is 144 Å². The first-order valence-electron chi connectivity index (χ1n) is 8.07. The highest BCUT2D eigenvalue weighted by molar-refractivity contribution is 8.02. The van der Waals surface area contributed by atoms with E-state index in [0.717, 1.165) is 23.5 Å². The number of thioether (sulfide) groups is 1. The van der Waals surface area contributed by atoms with Crippen LogP contribution in [0.2, 0.25) is 0 Å². The summed E-state index contributed by atoms with van der Waals surface area (Å²) < 4.78 is 1.84. The molecule has 0 spiro atoms. The van der Waals surface area contributed by atoms with Crippen molar-refractivity contribution in [2.45, 2.75) is 35.6 Å². The summed E-state index contributed by atoms with van der Waals surface area (Å²) in [4.78, 5) is 27.1. The van der Waals surface area contributed by atoms with Gasteiger partial charge in [-0.1, -0.05) is 23.9 Å². The first kappa shape index (κ1) is 15.3. The summed E-state index contributed by atoms with van der Waals surface area (Å²) in [5.41, 5.74) is 0.858. The second-order valence-corrected chi connectivity index (χ2v) is 7.28. The van der Waals surface area contributed by atoms with Gasteiger partial charge in [-0.2, -0.15) is 5.10 Å². The maximum Gasteiger partial charge on any atom is 0.257 e. The molecule has 2 aliphatic heterocycles. The van der Waals surface area contributed by atoms with Gasteiger partial charge in [0.2, 0.25) is 5.91 Å². The van der Waals surface area contributed by atoms with Gasteiger partial charge in [-0.15, -0.1) is 0 Å². The fraction of sp³-hybridized carbons (Fsp3) is 0.353. The molecule has 1 atom stereocenters. The maximum atomic E-state index is 12.9. The number of nitrogens with one attached hydrogen (secondary N) is 1. The van der Waals surface area contributed by atoms with E-state index in [-0.39, 0.29) is 11.8 Å². The Hall–Kier alpha value is -2.28. The molecule has 1 fully saturated rings. The van der Waals surface area contributed by atoms with E-state index < -0.39 is 4.87 Å². The lowest BCUT2D eigenvalue weighted by Crippen LogP contribution is -2.52. The Morgan fingerprint density at radius 3 is 3.04 bits per heavy atom. The van der Waals surface area contributed by atoms with Crippen LogP contribution in [0.25, 0.3) is 0 Å².